The SMILES string of the molecule is CCCn1ncc(Br)c1C(=O)c1ccc(I)cc1. The van der Waals surface area contributed by atoms with Gasteiger partial charge in [-0.15, -0.1) is 0 Å². The highest BCUT2D eigenvalue weighted by atomic mass is 127. The third-order valence-electron chi connectivity index (χ3n) is 2.55. The summed E-state index contributed by atoms with van der Waals surface area (Å²) >= 11 is 5.62. The molecule has 0 saturated heterocycles. The molecule has 5 heteroatoms. The second kappa shape index (κ2) is 5.97. The minimum atomic E-state index is 0.00391. The first-order chi connectivity index (χ1) is 8.63. The van der Waals surface area contributed by atoms with E-state index in [0.717, 1.165) is 21.0 Å². The molecule has 1 aromatic heterocycles. The minimum Gasteiger partial charge on any atom is -0.287 e. The van der Waals surface area contributed by atoms with Crippen molar-refractivity contribution in [1.29, 1.82) is 0 Å². The summed E-state index contributed by atoms with van der Waals surface area (Å²) < 4.78 is 3.62. The Kier molecular flexibility index (Phi) is 4.55. The van der Waals surface area contributed by atoms with E-state index >= 15 is 0 Å². The van der Waals surface area contributed by atoms with Gasteiger partial charge in [-0.2, -0.15) is 5.10 Å². The van der Waals surface area contributed by atoms with Crippen LogP contribution in [-0.4, -0.2) is 15.6 Å². The second-order valence-electron chi connectivity index (χ2n) is 3.90. The first kappa shape index (κ1) is 13.7. The Morgan fingerprint density at radius 1 is 1.39 bits per heavy atom. The van der Waals surface area contributed by atoms with Gasteiger partial charge in [0.2, 0.25) is 5.78 Å². The zero-order chi connectivity index (χ0) is 13.1. The lowest BCUT2D eigenvalue weighted by Gasteiger charge is -2.06. The van der Waals surface area contributed by atoms with Crippen molar-refractivity contribution in [3.8, 4) is 0 Å². The van der Waals surface area contributed by atoms with Crippen LogP contribution < -0.4 is 0 Å². The first-order valence-electron chi connectivity index (χ1n) is 5.65. The second-order valence-corrected chi connectivity index (χ2v) is 6.00. The van der Waals surface area contributed by atoms with Crippen LogP contribution >= 0.6 is 38.5 Å². The highest BCUT2D eigenvalue weighted by molar-refractivity contribution is 14.1. The van der Waals surface area contributed by atoms with Gasteiger partial charge in [0, 0.05) is 15.7 Å². The van der Waals surface area contributed by atoms with Crippen molar-refractivity contribution in [1.82, 2.24) is 9.78 Å². The molecule has 0 aliphatic rings. The lowest BCUT2D eigenvalue weighted by atomic mass is 10.1. The summed E-state index contributed by atoms with van der Waals surface area (Å²) in [5, 5.41) is 4.22. The van der Waals surface area contributed by atoms with E-state index in [2.05, 4.69) is 50.5 Å². The molecule has 0 amide bonds. The summed E-state index contributed by atoms with van der Waals surface area (Å²) in [4.78, 5) is 12.4. The summed E-state index contributed by atoms with van der Waals surface area (Å²) in [5.41, 5.74) is 1.31. The van der Waals surface area contributed by atoms with Gasteiger partial charge in [0.25, 0.3) is 0 Å². The van der Waals surface area contributed by atoms with Crippen LogP contribution in [0.5, 0.6) is 0 Å². The van der Waals surface area contributed by atoms with Crippen LogP contribution in [0.1, 0.15) is 29.4 Å². The fourth-order valence-electron chi connectivity index (χ4n) is 1.71. The maximum absolute atomic E-state index is 12.4. The van der Waals surface area contributed by atoms with Crippen LogP contribution in [0.2, 0.25) is 0 Å². The molecule has 94 valence electrons. The number of hydrogen-bond donors (Lipinski definition) is 0. The van der Waals surface area contributed by atoms with Crippen LogP contribution in [0.25, 0.3) is 0 Å². The van der Waals surface area contributed by atoms with Crippen LogP contribution in [-0.2, 0) is 6.54 Å². The molecule has 0 aliphatic carbocycles. The van der Waals surface area contributed by atoms with E-state index in [-0.39, 0.29) is 5.78 Å². The van der Waals surface area contributed by atoms with E-state index in [0.29, 0.717) is 11.3 Å². The smallest absolute Gasteiger partial charge is 0.212 e. The number of hydrogen-bond acceptors (Lipinski definition) is 2. The number of aryl methyl sites for hydroxylation is 1. The van der Waals surface area contributed by atoms with Gasteiger partial charge >= 0.3 is 0 Å². The molecule has 0 saturated carbocycles. The van der Waals surface area contributed by atoms with E-state index in [9.17, 15) is 4.79 Å². The lowest BCUT2D eigenvalue weighted by Crippen LogP contribution is -2.12. The molecule has 0 N–H and O–H groups in total. The summed E-state index contributed by atoms with van der Waals surface area (Å²) in [6.45, 7) is 2.81. The maximum atomic E-state index is 12.4. The zero-order valence-corrected chi connectivity index (χ0v) is 13.6. The van der Waals surface area contributed by atoms with Crippen molar-refractivity contribution in [2.24, 2.45) is 0 Å². The van der Waals surface area contributed by atoms with E-state index in [1.807, 2.05) is 24.3 Å². The highest BCUT2D eigenvalue weighted by Crippen LogP contribution is 2.20. The Hall–Kier alpha value is -0.690. The highest BCUT2D eigenvalue weighted by Gasteiger charge is 2.18. The normalized spacial score (nSPS) is 10.6. The first-order valence-corrected chi connectivity index (χ1v) is 7.52. The molecule has 0 aliphatic heterocycles. The molecule has 18 heavy (non-hydrogen) atoms. The molecule has 0 bridgehead atoms. The summed E-state index contributed by atoms with van der Waals surface area (Å²) in [6.07, 6.45) is 2.62. The van der Waals surface area contributed by atoms with Crippen LogP contribution in [0.3, 0.4) is 0 Å². The van der Waals surface area contributed by atoms with Crippen LogP contribution in [0, 0.1) is 3.57 Å². The van der Waals surface area contributed by atoms with Gasteiger partial charge in [0.15, 0.2) is 0 Å². The van der Waals surface area contributed by atoms with Gasteiger partial charge in [-0.3, -0.25) is 9.48 Å². The molecule has 0 fully saturated rings. The predicted octanol–water partition coefficient (Wildman–Crippen LogP) is 3.89. The number of rotatable bonds is 4. The topological polar surface area (TPSA) is 34.9 Å². The van der Waals surface area contributed by atoms with Crippen molar-refractivity contribution < 1.29 is 4.79 Å². The van der Waals surface area contributed by atoms with Gasteiger partial charge in [0.05, 0.1) is 10.7 Å². The number of aromatic nitrogens is 2. The van der Waals surface area contributed by atoms with Gasteiger partial charge in [-0.1, -0.05) is 6.92 Å². The number of benzene rings is 1. The van der Waals surface area contributed by atoms with E-state index in [1.165, 1.54) is 0 Å². The molecule has 2 rings (SSSR count). The number of nitrogens with zero attached hydrogens (tertiary/aromatic N) is 2. The Morgan fingerprint density at radius 2 is 2.06 bits per heavy atom. The van der Waals surface area contributed by atoms with Crippen LogP contribution in [0.4, 0.5) is 0 Å². The Morgan fingerprint density at radius 3 is 2.67 bits per heavy atom. The third-order valence-corrected chi connectivity index (χ3v) is 3.85. The molecule has 0 unspecified atom stereocenters. The van der Waals surface area contributed by atoms with Gasteiger partial charge < -0.3 is 0 Å². The quantitative estimate of drug-likeness (QED) is 0.557. The van der Waals surface area contributed by atoms with Gasteiger partial charge in [-0.25, -0.2) is 0 Å². The predicted molar refractivity (Wildman–Crippen MR) is 82.8 cm³/mol. The molecule has 0 atom stereocenters. The fraction of sp³-hybridized carbons (Fsp3) is 0.231. The largest absolute Gasteiger partial charge is 0.287 e. The molecule has 0 spiro atoms. The Balaban J connectivity index is 2.39. The number of halogens is 2. The molecule has 2 aromatic rings. The molecular formula is C13H12BrIN2O. The average Bonchev–Trinajstić information content (AvgIpc) is 2.71. The average molecular weight is 419 g/mol. The summed E-state index contributed by atoms with van der Waals surface area (Å²) in [5.74, 6) is 0.00391. The van der Waals surface area contributed by atoms with E-state index in [1.54, 1.807) is 10.9 Å². The Labute approximate surface area is 128 Å². The molecule has 1 aromatic carbocycles. The molecule has 3 nitrogen and oxygen atoms in total. The summed E-state index contributed by atoms with van der Waals surface area (Å²) in [6, 6.07) is 7.56. The van der Waals surface area contributed by atoms with E-state index in [4.69, 9.17) is 0 Å². The fourth-order valence-corrected chi connectivity index (χ4v) is 2.54. The van der Waals surface area contributed by atoms with Gasteiger partial charge in [0.1, 0.15) is 5.69 Å². The lowest BCUT2D eigenvalue weighted by molar-refractivity contribution is 0.102. The third kappa shape index (κ3) is 2.83. The maximum Gasteiger partial charge on any atom is 0.212 e. The number of carbonyl (C=O) groups is 1. The van der Waals surface area contributed by atoms with Crippen molar-refractivity contribution in [2.75, 3.05) is 0 Å². The summed E-state index contributed by atoms with van der Waals surface area (Å²) in [7, 11) is 0. The zero-order valence-electron chi connectivity index (χ0n) is 9.86. The molecule has 1 heterocycles. The van der Waals surface area contributed by atoms with Crippen molar-refractivity contribution in [3.63, 3.8) is 0 Å². The Bertz CT molecular complexity index is 563. The van der Waals surface area contributed by atoms with Crippen molar-refractivity contribution >= 4 is 44.3 Å². The minimum absolute atomic E-state index is 0.00391. The van der Waals surface area contributed by atoms with E-state index < -0.39 is 0 Å². The standard InChI is InChI=1S/C13H12BrIN2O/c1-2-7-17-12(11(14)8-16-17)13(18)9-3-5-10(15)6-4-9/h3-6,8H,2,7H2,1H3. The number of ketones is 1. The molecular weight excluding hydrogens is 407 g/mol. The molecule has 0 radical (unpaired) electrons. The monoisotopic (exact) mass is 418 g/mol. The van der Waals surface area contributed by atoms with Crippen molar-refractivity contribution in [2.45, 2.75) is 19.9 Å². The van der Waals surface area contributed by atoms with Crippen LogP contribution in [0.15, 0.2) is 34.9 Å². The van der Waals surface area contributed by atoms with Gasteiger partial charge in [-0.05, 0) is 69.2 Å². The number of carbonyl (C=O) groups excluding carboxylic acids is 1. The van der Waals surface area contributed by atoms with Crippen molar-refractivity contribution in [3.05, 3.63) is 49.8 Å².